The molecule has 0 spiro atoms. The van der Waals surface area contributed by atoms with Crippen molar-refractivity contribution in [1.29, 1.82) is 0 Å². The van der Waals surface area contributed by atoms with Gasteiger partial charge in [0.15, 0.2) is 0 Å². The Morgan fingerprint density at radius 2 is 1.63 bits per heavy atom. The third-order valence-corrected chi connectivity index (χ3v) is 4.81. The molecule has 0 aliphatic carbocycles. The number of benzene rings is 2. The fourth-order valence-electron chi connectivity index (χ4n) is 3.40. The van der Waals surface area contributed by atoms with E-state index >= 15 is 0 Å². The molecule has 7 nitrogen and oxygen atoms in total. The molecule has 3 rings (SSSR count). The van der Waals surface area contributed by atoms with Crippen molar-refractivity contribution in [2.24, 2.45) is 5.92 Å². The number of rotatable bonds is 7. The smallest absolute Gasteiger partial charge is 0.338 e. The van der Waals surface area contributed by atoms with Crippen LogP contribution in [0, 0.1) is 5.92 Å². The van der Waals surface area contributed by atoms with Gasteiger partial charge in [-0.1, -0.05) is 39.0 Å². The number of esters is 1. The lowest BCUT2D eigenvalue weighted by Crippen LogP contribution is -2.50. The van der Waals surface area contributed by atoms with E-state index in [4.69, 9.17) is 4.74 Å². The third kappa shape index (κ3) is 4.10. The van der Waals surface area contributed by atoms with E-state index in [0.717, 1.165) is 4.90 Å². The third-order valence-electron chi connectivity index (χ3n) is 4.81. The molecule has 7 heteroatoms. The van der Waals surface area contributed by atoms with Crippen molar-refractivity contribution in [2.75, 3.05) is 11.9 Å². The van der Waals surface area contributed by atoms with Crippen LogP contribution in [0.1, 0.15) is 58.3 Å². The van der Waals surface area contributed by atoms with Gasteiger partial charge in [0.2, 0.25) is 5.91 Å². The first-order valence-corrected chi connectivity index (χ1v) is 9.90. The fourth-order valence-corrected chi connectivity index (χ4v) is 3.40. The molecule has 0 unspecified atom stereocenters. The van der Waals surface area contributed by atoms with Gasteiger partial charge in [0, 0.05) is 5.69 Å². The minimum atomic E-state index is -0.993. The largest absolute Gasteiger partial charge is 0.462 e. The van der Waals surface area contributed by atoms with Crippen LogP contribution in [-0.4, -0.2) is 41.2 Å². The Morgan fingerprint density at radius 3 is 2.20 bits per heavy atom. The van der Waals surface area contributed by atoms with E-state index in [1.807, 2.05) is 6.92 Å². The van der Waals surface area contributed by atoms with Crippen molar-refractivity contribution in [3.05, 3.63) is 65.2 Å². The van der Waals surface area contributed by atoms with Crippen LogP contribution in [0.3, 0.4) is 0 Å². The van der Waals surface area contributed by atoms with Crippen LogP contribution in [-0.2, 0) is 9.53 Å². The first kappa shape index (κ1) is 21.2. The Morgan fingerprint density at radius 1 is 1.00 bits per heavy atom. The summed E-state index contributed by atoms with van der Waals surface area (Å²) in [5.74, 6) is -2.26. The lowest BCUT2D eigenvalue weighted by atomic mass is 10.0. The van der Waals surface area contributed by atoms with Gasteiger partial charge in [-0.2, -0.15) is 0 Å². The Kier molecular flexibility index (Phi) is 6.30. The van der Waals surface area contributed by atoms with Gasteiger partial charge in [-0.15, -0.1) is 0 Å². The molecule has 0 aromatic heterocycles. The van der Waals surface area contributed by atoms with E-state index in [9.17, 15) is 19.2 Å². The molecule has 30 heavy (non-hydrogen) atoms. The summed E-state index contributed by atoms with van der Waals surface area (Å²) in [6.45, 7) is 5.75. The van der Waals surface area contributed by atoms with Crippen LogP contribution < -0.4 is 5.32 Å². The van der Waals surface area contributed by atoms with E-state index in [-0.39, 0.29) is 5.92 Å². The van der Waals surface area contributed by atoms with Gasteiger partial charge in [-0.25, -0.2) is 4.79 Å². The second kappa shape index (κ2) is 8.90. The summed E-state index contributed by atoms with van der Waals surface area (Å²) in [6.07, 6.45) is 0.707. The highest BCUT2D eigenvalue weighted by atomic mass is 16.5. The van der Waals surface area contributed by atoms with E-state index < -0.39 is 29.7 Å². The molecule has 2 aromatic carbocycles. The Bertz CT molecular complexity index is 964. The number of nitrogens with zero attached hydrogens (tertiary/aromatic N) is 1. The van der Waals surface area contributed by atoms with Crippen molar-refractivity contribution in [3.63, 3.8) is 0 Å². The molecule has 1 aliphatic rings. The van der Waals surface area contributed by atoms with Gasteiger partial charge in [0.1, 0.15) is 6.04 Å². The summed E-state index contributed by atoms with van der Waals surface area (Å²) >= 11 is 0. The normalized spacial score (nSPS) is 13.9. The number of hydrogen-bond donors (Lipinski definition) is 1. The number of carbonyl (C=O) groups excluding carboxylic acids is 4. The number of anilines is 1. The zero-order chi connectivity index (χ0) is 21.8. The quantitative estimate of drug-likeness (QED) is 0.559. The van der Waals surface area contributed by atoms with Crippen molar-refractivity contribution in [2.45, 2.75) is 33.2 Å². The number of fused-ring (bicyclic) bond motifs is 1. The molecule has 2 aromatic rings. The van der Waals surface area contributed by atoms with Crippen molar-refractivity contribution in [1.82, 2.24) is 4.90 Å². The molecular weight excluding hydrogens is 384 g/mol. The molecular formula is C23H24N2O5. The van der Waals surface area contributed by atoms with Gasteiger partial charge < -0.3 is 10.1 Å². The van der Waals surface area contributed by atoms with E-state index in [1.165, 1.54) is 6.07 Å². The fraction of sp³-hybridized carbons (Fsp3) is 0.304. The maximum atomic E-state index is 13.1. The number of nitrogens with one attached hydrogen (secondary N) is 1. The van der Waals surface area contributed by atoms with Crippen LogP contribution in [0.25, 0.3) is 0 Å². The van der Waals surface area contributed by atoms with Crippen molar-refractivity contribution in [3.8, 4) is 0 Å². The highest BCUT2D eigenvalue weighted by molar-refractivity contribution is 6.23. The SMILES string of the molecule is CCCOC(=O)c1cccc(NC(=O)[C@H](C(C)C)N2C(=O)c3ccccc3C2=O)c1. The lowest BCUT2D eigenvalue weighted by Gasteiger charge is -2.28. The molecule has 1 N–H and O–H groups in total. The van der Waals surface area contributed by atoms with E-state index in [2.05, 4.69) is 5.32 Å². The molecule has 156 valence electrons. The summed E-state index contributed by atoms with van der Waals surface area (Å²) in [5, 5.41) is 2.73. The average molecular weight is 408 g/mol. The maximum Gasteiger partial charge on any atom is 0.338 e. The predicted molar refractivity (Wildman–Crippen MR) is 111 cm³/mol. The molecule has 1 atom stereocenters. The van der Waals surface area contributed by atoms with E-state index in [0.29, 0.717) is 35.4 Å². The number of ether oxygens (including phenoxy) is 1. The van der Waals surface area contributed by atoms with Crippen LogP contribution in [0.4, 0.5) is 5.69 Å². The van der Waals surface area contributed by atoms with Crippen LogP contribution in [0.5, 0.6) is 0 Å². The van der Waals surface area contributed by atoms with Crippen molar-refractivity contribution >= 4 is 29.4 Å². The standard InChI is InChI=1S/C23H24N2O5/c1-4-12-30-23(29)15-8-7-9-16(13-15)24-20(26)19(14(2)3)25-21(27)17-10-5-6-11-18(17)22(25)28/h5-11,13-14,19H,4,12H2,1-3H3,(H,24,26)/t19-/m0/s1. The number of imide groups is 1. The molecule has 1 heterocycles. The van der Waals surface area contributed by atoms with Gasteiger partial charge in [0.25, 0.3) is 11.8 Å². The zero-order valence-electron chi connectivity index (χ0n) is 17.2. The second-order valence-corrected chi connectivity index (χ2v) is 7.42. The summed E-state index contributed by atoms with van der Waals surface area (Å²) in [6, 6.07) is 11.9. The average Bonchev–Trinajstić information content (AvgIpc) is 2.97. The van der Waals surface area contributed by atoms with Crippen molar-refractivity contribution < 1.29 is 23.9 Å². The van der Waals surface area contributed by atoms with Crippen LogP contribution in [0.2, 0.25) is 0 Å². The minimum absolute atomic E-state index is 0.293. The van der Waals surface area contributed by atoms with Crippen LogP contribution >= 0.6 is 0 Å². The molecule has 0 saturated carbocycles. The van der Waals surface area contributed by atoms with Gasteiger partial charge in [-0.05, 0) is 42.7 Å². The highest BCUT2D eigenvalue weighted by Gasteiger charge is 2.43. The molecule has 0 fully saturated rings. The minimum Gasteiger partial charge on any atom is -0.462 e. The summed E-state index contributed by atoms with van der Waals surface area (Å²) < 4.78 is 5.12. The second-order valence-electron chi connectivity index (χ2n) is 7.42. The number of amides is 3. The molecule has 3 amide bonds. The van der Waals surface area contributed by atoms with Gasteiger partial charge in [0.05, 0.1) is 23.3 Å². The molecule has 1 aliphatic heterocycles. The first-order valence-electron chi connectivity index (χ1n) is 9.90. The zero-order valence-corrected chi connectivity index (χ0v) is 17.2. The lowest BCUT2D eigenvalue weighted by molar-refractivity contribution is -0.121. The van der Waals surface area contributed by atoms with Gasteiger partial charge >= 0.3 is 5.97 Å². The van der Waals surface area contributed by atoms with Crippen LogP contribution in [0.15, 0.2) is 48.5 Å². The Balaban J connectivity index is 1.82. The monoisotopic (exact) mass is 408 g/mol. The molecule has 0 bridgehead atoms. The molecule has 0 radical (unpaired) electrons. The summed E-state index contributed by atoms with van der Waals surface area (Å²) in [7, 11) is 0. The predicted octanol–water partition coefficient (Wildman–Crippen LogP) is 3.51. The first-order chi connectivity index (χ1) is 14.3. The summed E-state index contributed by atoms with van der Waals surface area (Å²) in [4.78, 5) is 51.8. The highest BCUT2D eigenvalue weighted by Crippen LogP contribution is 2.28. The number of carbonyl (C=O) groups is 4. The number of hydrogen-bond acceptors (Lipinski definition) is 5. The van der Waals surface area contributed by atoms with E-state index in [1.54, 1.807) is 56.3 Å². The maximum absolute atomic E-state index is 13.1. The topological polar surface area (TPSA) is 92.8 Å². The Labute approximate surface area is 175 Å². The van der Waals surface area contributed by atoms with Gasteiger partial charge in [-0.3, -0.25) is 19.3 Å². The summed E-state index contributed by atoms with van der Waals surface area (Å²) in [5.41, 5.74) is 1.28. The Hall–Kier alpha value is -3.48. The molecule has 0 saturated heterocycles.